The van der Waals surface area contributed by atoms with Gasteiger partial charge in [-0.3, -0.25) is 4.79 Å². The normalized spacial score (nSPS) is 19.4. The number of ether oxygens (including phenoxy) is 1. The molecule has 1 aromatic carbocycles. The van der Waals surface area contributed by atoms with Gasteiger partial charge in [-0.25, -0.2) is 4.68 Å². The number of nitrogens with one attached hydrogen (secondary N) is 1. The molecule has 1 saturated heterocycles. The van der Waals surface area contributed by atoms with Crippen molar-refractivity contribution in [1.29, 1.82) is 0 Å². The van der Waals surface area contributed by atoms with Gasteiger partial charge in [0.15, 0.2) is 6.23 Å². The molecule has 1 N–H and O–H groups in total. The summed E-state index contributed by atoms with van der Waals surface area (Å²) in [7, 11) is 0. The van der Waals surface area contributed by atoms with Crippen LogP contribution in [0.15, 0.2) is 33.7 Å². The van der Waals surface area contributed by atoms with Crippen LogP contribution in [0.5, 0.6) is 0 Å². The van der Waals surface area contributed by atoms with Crippen LogP contribution in [0.25, 0.3) is 21.8 Å². The van der Waals surface area contributed by atoms with Crippen LogP contribution in [0, 0.1) is 0 Å². The predicted molar refractivity (Wildman–Crippen MR) is 84.4 cm³/mol. The molecular formula is C15H14BrN3O2. The van der Waals surface area contributed by atoms with Crippen molar-refractivity contribution in [2.45, 2.75) is 25.5 Å². The molecule has 6 heteroatoms. The first-order valence-electron chi connectivity index (χ1n) is 7.04. The number of rotatable bonds is 1. The van der Waals surface area contributed by atoms with E-state index in [4.69, 9.17) is 4.74 Å². The first-order valence-corrected chi connectivity index (χ1v) is 7.84. The van der Waals surface area contributed by atoms with E-state index < -0.39 is 0 Å². The number of hydrogen-bond acceptors (Lipinski definition) is 3. The van der Waals surface area contributed by atoms with Gasteiger partial charge in [0.25, 0.3) is 5.56 Å². The molecule has 1 fully saturated rings. The number of aromatic amines is 1. The Kier molecular flexibility index (Phi) is 3.08. The SMILES string of the molecule is O=c1[nH]c2cc(Br)ccc2c2c1cnn2C1CCCCO1. The van der Waals surface area contributed by atoms with Gasteiger partial charge in [-0.1, -0.05) is 15.9 Å². The summed E-state index contributed by atoms with van der Waals surface area (Å²) in [6, 6.07) is 5.88. The Balaban J connectivity index is 2.04. The Hall–Kier alpha value is -1.66. The zero-order valence-electron chi connectivity index (χ0n) is 11.3. The summed E-state index contributed by atoms with van der Waals surface area (Å²) in [6.45, 7) is 0.749. The largest absolute Gasteiger partial charge is 0.356 e. The first-order chi connectivity index (χ1) is 10.2. The number of pyridine rings is 1. The van der Waals surface area contributed by atoms with Gasteiger partial charge >= 0.3 is 0 Å². The van der Waals surface area contributed by atoms with E-state index in [0.717, 1.165) is 46.8 Å². The molecule has 108 valence electrons. The van der Waals surface area contributed by atoms with Gasteiger partial charge in [-0.15, -0.1) is 0 Å². The lowest BCUT2D eigenvalue weighted by molar-refractivity contribution is -0.0365. The summed E-state index contributed by atoms with van der Waals surface area (Å²) >= 11 is 3.44. The van der Waals surface area contributed by atoms with Gasteiger partial charge in [0.1, 0.15) is 0 Å². The molecule has 0 radical (unpaired) electrons. The van der Waals surface area contributed by atoms with E-state index >= 15 is 0 Å². The van der Waals surface area contributed by atoms with Crippen LogP contribution in [-0.4, -0.2) is 21.4 Å². The fourth-order valence-electron chi connectivity index (χ4n) is 2.95. The van der Waals surface area contributed by atoms with E-state index in [1.54, 1.807) is 6.20 Å². The molecule has 3 heterocycles. The summed E-state index contributed by atoms with van der Waals surface area (Å²) in [5.41, 5.74) is 1.55. The van der Waals surface area contributed by atoms with E-state index in [1.165, 1.54) is 0 Å². The van der Waals surface area contributed by atoms with Crippen LogP contribution < -0.4 is 5.56 Å². The summed E-state index contributed by atoms with van der Waals surface area (Å²) in [5.74, 6) is 0. The standard InChI is InChI=1S/C15H14BrN3O2/c16-9-4-5-10-12(7-9)18-15(20)11-8-17-19(14(10)11)13-3-1-2-6-21-13/h4-5,7-8,13H,1-3,6H2,(H,18,20). The third kappa shape index (κ3) is 2.10. The van der Waals surface area contributed by atoms with E-state index in [9.17, 15) is 4.79 Å². The molecule has 21 heavy (non-hydrogen) atoms. The van der Waals surface area contributed by atoms with Gasteiger partial charge in [0, 0.05) is 16.5 Å². The quantitative estimate of drug-likeness (QED) is 0.734. The predicted octanol–water partition coefficient (Wildman–Crippen LogP) is 3.34. The molecule has 1 aliphatic heterocycles. The zero-order chi connectivity index (χ0) is 14.4. The molecule has 5 nitrogen and oxygen atoms in total. The first kappa shape index (κ1) is 13.0. The second-order valence-electron chi connectivity index (χ2n) is 5.32. The van der Waals surface area contributed by atoms with Gasteiger partial charge in [0.05, 0.1) is 22.6 Å². The fraction of sp³-hybridized carbons (Fsp3) is 0.333. The van der Waals surface area contributed by atoms with Gasteiger partial charge in [0.2, 0.25) is 0 Å². The maximum Gasteiger partial charge on any atom is 0.259 e. The Morgan fingerprint density at radius 2 is 2.24 bits per heavy atom. The molecule has 1 atom stereocenters. The number of fused-ring (bicyclic) bond motifs is 3. The summed E-state index contributed by atoms with van der Waals surface area (Å²) in [5, 5.41) is 6.01. The molecule has 1 unspecified atom stereocenters. The number of hydrogen-bond donors (Lipinski definition) is 1. The fourth-order valence-corrected chi connectivity index (χ4v) is 3.31. The van der Waals surface area contributed by atoms with Crippen LogP contribution in [0.4, 0.5) is 0 Å². The number of nitrogens with zero attached hydrogens (tertiary/aromatic N) is 2. The van der Waals surface area contributed by atoms with Crippen molar-refractivity contribution in [3.8, 4) is 0 Å². The lowest BCUT2D eigenvalue weighted by Crippen LogP contribution is -2.19. The second-order valence-corrected chi connectivity index (χ2v) is 6.23. The van der Waals surface area contributed by atoms with E-state index in [0.29, 0.717) is 5.39 Å². The number of benzene rings is 1. The maximum atomic E-state index is 12.2. The van der Waals surface area contributed by atoms with Crippen molar-refractivity contribution >= 4 is 37.7 Å². The van der Waals surface area contributed by atoms with Crippen LogP contribution in [-0.2, 0) is 4.74 Å². The van der Waals surface area contributed by atoms with Crippen molar-refractivity contribution in [2.24, 2.45) is 0 Å². The average Bonchev–Trinajstić information content (AvgIpc) is 2.93. The highest BCUT2D eigenvalue weighted by atomic mass is 79.9. The Morgan fingerprint density at radius 1 is 1.33 bits per heavy atom. The molecule has 0 spiro atoms. The van der Waals surface area contributed by atoms with Crippen LogP contribution >= 0.6 is 15.9 Å². The van der Waals surface area contributed by atoms with E-state index in [-0.39, 0.29) is 11.8 Å². The third-order valence-electron chi connectivity index (χ3n) is 3.95. The van der Waals surface area contributed by atoms with Crippen LogP contribution in [0.3, 0.4) is 0 Å². The van der Waals surface area contributed by atoms with Gasteiger partial charge < -0.3 is 9.72 Å². The van der Waals surface area contributed by atoms with Crippen LogP contribution in [0.2, 0.25) is 0 Å². The molecular weight excluding hydrogens is 334 g/mol. The van der Waals surface area contributed by atoms with Crippen molar-refractivity contribution in [3.05, 3.63) is 39.2 Å². The highest BCUT2D eigenvalue weighted by Gasteiger charge is 2.21. The van der Waals surface area contributed by atoms with Crippen molar-refractivity contribution in [2.75, 3.05) is 6.61 Å². The Labute approximate surface area is 129 Å². The molecule has 2 aromatic heterocycles. The van der Waals surface area contributed by atoms with Crippen LogP contribution in [0.1, 0.15) is 25.5 Å². The lowest BCUT2D eigenvalue weighted by atomic mass is 10.1. The molecule has 0 aliphatic carbocycles. The lowest BCUT2D eigenvalue weighted by Gasteiger charge is -2.23. The van der Waals surface area contributed by atoms with Gasteiger partial charge in [-0.05, 0) is 37.5 Å². The molecule has 0 amide bonds. The van der Waals surface area contributed by atoms with Crippen molar-refractivity contribution in [3.63, 3.8) is 0 Å². The molecule has 0 saturated carbocycles. The monoisotopic (exact) mass is 347 g/mol. The molecule has 0 bridgehead atoms. The molecule has 1 aliphatic rings. The van der Waals surface area contributed by atoms with E-state index in [2.05, 4.69) is 26.0 Å². The van der Waals surface area contributed by atoms with Gasteiger partial charge in [-0.2, -0.15) is 5.10 Å². The minimum absolute atomic E-state index is 0.0788. The topological polar surface area (TPSA) is 59.9 Å². The number of aromatic nitrogens is 3. The Bertz CT molecular complexity index is 878. The summed E-state index contributed by atoms with van der Waals surface area (Å²) in [4.78, 5) is 15.1. The maximum absolute atomic E-state index is 12.2. The smallest absolute Gasteiger partial charge is 0.259 e. The highest BCUT2D eigenvalue weighted by molar-refractivity contribution is 9.10. The minimum atomic E-state index is -0.113. The number of halogens is 1. The Morgan fingerprint density at radius 3 is 3.05 bits per heavy atom. The second kappa shape index (κ2) is 4.96. The summed E-state index contributed by atoms with van der Waals surface area (Å²) < 4.78 is 8.62. The van der Waals surface area contributed by atoms with Crippen molar-refractivity contribution < 1.29 is 4.74 Å². The van der Waals surface area contributed by atoms with E-state index in [1.807, 2.05) is 22.9 Å². The molecule has 4 rings (SSSR count). The highest BCUT2D eigenvalue weighted by Crippen LogP contribution is 2.29. The average molecular weight is 348 g/mol. The molecule has 3 aromatic rings. The zero-order valence-corrected chi connectivity index (χ0v) is 12.9. The third-order valence-corrected chi connectivity index (χ3v) is 4.45. The summed E-state index contributed by atoms with van der Waals surface area (Å²) in [6.07, 6.45) is 4.70. The minimum Gasteiger partial charge on any atom is -0.356 e. The number of H-pyrrole nitrogens is 1. The van der Waals surface area contributed by atoms with Crippen molar-refractivity contribution in [1.82, 2.24) is 14.8 Å².